The number of nitrogens with one attached hydrogen (secondary N) is 2. The molecule has 2 aromatic carbocycles. The molecular formula is C21H27N3O5S. The van der Waals surface area contributed by atoms with E-state index in [1.807, 2.05) is 13.8 Å². The summed E-state index contributed by atoms with van der Waals surface area (Å²) in [6, 6.07) is 12.2. The molecule has 0 heterocycles. The quantitative estimate of drug-likeness (QED) is 0.623. The van der Waals surface area contributed by atoms with E-state index in [1.165, 1.54) is 28.6 Å². The van der Waals surface area contributed by atoms with Crippen LogP contribution in [0, 0.1) is 0 Å². The predicted octanol–water partition coefficient (Wildman–Crippen LogP) is 2.58. The molecule has 0 aromatic heterocycles. The summed E-state index contributed by atoms with van der Waals surface area (Å²) in [4.78, 5) is 24.6. The number of hydrazine groups is 1. The topological polar surface area (TPSA) is 105 Å². The van der Waals surface area contributed by atoms with Crippen LogP contribution in [-0.4, -0.2) is 43.7 Å². The summed E-state index contributed by atoms with van der Waals surface area (Å²) in [6.07, 6.45) is 0.0188. The third-order valence-electron chi connectivity index (χ3n) is 4.22. The van der Waals surface area contributed by atoms with Crippen LogP contribution in [0.2, 0.25) is 0 Å². The van der Waals surface area contributed by atoms with Gasteiger partial charge in [-0.3, -0.25) is 20.4 Å². The fraction of sp³-hybridized carbons (Fsp3) is 0.333. The molecule has 2 N–H and O–H groups in total. The van der Waals surface area contributed by atoms with Crippen molar-refractivity contribution in [3.63, 3.8) is 0 Å². The van der Waals surface area contributed by atoms with Crippen molar-refractivity contribution in [2.24, 2.45) is 0 Å². The molecule has 0 saturated carbocycles. The Balaban J connectivity index is 2.05. The lowest BCUT2D eigenvalue weighted by molar-refractivity contribution is 0.0846. The number of sulfonamides is 1. The Morgan fingerprint density at radius 3 is 2.03 bits per heavy atom. The molecular weight excluding hydrogens is 406 g/mol. The molecule has 0 aliphatic rings. The van der Waals surface area contributed by atoms with E-state index in [4.69, 9.17) is 4.74 Å². The molecule has 0 bridgehead atoms. The van der Waals surface area contributed by atoms with Crippen molar-refractivity contribution in [2.45, 2.75) is 38.7 Å². The molecule has 2 amide bonds. The fourth-order valence-electron chi connectivity index (χ4n) is 2.73. The zero-order valence-electron chi connectivity index (χ0n) is 17.5. The Morgan fingerprint density at radius 2 is 1.50 bits per heavy atom. The maximum absolute atomic E-state index is 12.6. The normalized spacial score (nSPS) is 11.4. The molecule has 0 aliphatic carbocycles. The highest BCUT2D eigenvalue weighted by Crippen LogP contribution is 2.17. The van der Waals surface area contributed by atoms with Gasteiger partial charge in [0.15, 0.2) is 0 Å². The van der Waals surface area contributed by atoms with Crippen molar-refractivity contribution >= 4 is 21.8 Å². The highest BCUT2D eigenvalue weighted by Gasteiger charge is 2.22. The molecule has 2 aromatic rings. The summed E-state index contributed by atoms with van der Waals surface area (Å²) in [5.74, 6) is -0.497. The van der Waals surface area contributed by atoms with Gasteiger partial charge in [0.25, 0.3) is 11.8 Å². The minimum Gasteiger partial charge on any atom is -0.491 e. The molecule has 0 unspecified atom stereocenters. The van der Waals surface area contributed by atoms with Crippen molar-refractivity contribution in [3.8, 4) is 5.75 Å². The van der Waals surface area contributed by atoms with Crippen molar-refractivity contribution in [2.75, 3.05) is 13.1 Å². The molecule has 0 aliphatic heterocycles. The van der Waals surface area contributed by atoms with E-state index in [2.05, 4.69) is 10.9 Å². The molecule has 2 rings (SSSR count). The third-order valence-corrected chi connectivity index (χ3v) is 6.26. The van der Waals surface area contributed by atoms with E-state index in [-0.39, 0.29) is 16.6 Å². The minimum absolute atomic E-state index is 0.0188. The molecule has 0 atom stereocenters. The van der Waals surface area contributed by atoms with E-state index in [0.29, 0.717) is 24.4 Å². The first kappa shape index (κ1) is 23.4. The summed E-state index contributed by atoms with van der Waals surface area (Å²) < 4.78 is 32.1. The number of ether oxygens (including phenoxy) is 1. The van der Waals surface area contributed by atoms with E-state index >= 15 is 0 Å². The monoisotopic (exact) mass is 433 g/mol. The molecule has 0 spiro atoms. The Labute approximate surface area is 177 Å². The second-order valence-corrected chi connectivity index (χ2v) is 8.65. The summed E-state index contributed by atoms with van der Waals surface area (Å²) in [5, 5.41) is 0. The molecule has 0 radical (unpaired) electrons. The maximum atomic E-state index is 12.6. The van der Waals surface area contributed by atoms with Crippen LogP contribution in [0.5, 0.6) is 5.75 Å². The van der Waals surface area contributed by atoms with E-state index < -0.39 is 21.8 Å². The Hall–Kier alpha value is -2.91. The molecule has 30 heavy (non-hydrogen) atoms. The van der Waals surface area contributed by atoms with Crippen molar-refractivity contribution < 1.29 is 22.7 Å². The van der Waals surface area contributed by atoms with Crippen molar-refractivity contribution in [3.05, 3.63) is 59.7 Å². The van der Waals surface area contributed by atoms with Crippen LogP contribution in [0.3, 0.4) is 0 Å². The van der Waals surface area contributed by atoms with Crippen LogP contribution in [0.15, 0.2) is 53.4 Å². The summed E-state index contributed by atoms with van der Waals surface area (Å²) in [6.45, 7) is 7.94. The van der Waals surface area contributed by atoms with Gasteiger partial charge in [0.2, 0.25) is 10.0 Å². The molecule has 162 valence electrons. The zero-order chi connectivity index (χ0) is 22.3. The first-order valence-corrected chi connectivity index (χ1v) is 11.1. The van der Waals surface area contributed by atoms with Crippen LogP contribution >= 0.6 is 0 Å². The standard InChI is InChI=1S/C21H27N3O5S/c1-5-24(6-2)30(27,28)19-9-7-8-17(14-19)21(26)23-22-20(25)16-10-12-18(13-11-16)29-15(3)4/h7-15H,5-6H2,1-4H3,(H,22,25)(H,23,26). The number of rotatable bonds is 8. The highest BCUT2D eigenvalue weighted by molar-refractivity contribution is 7.89. The first-order valence-electron chi connectivity index (χ1n) is 9.66. The van der Waals surface area contributed by atoms with Crippen molar-refractivity contribution in [1.29, 1.82) is 0 Å². The van der Waals surface area contributed by atoms with Crippen LogP contribution in [0.1, 0.15) is 48.4 Å². The zero-order valence-corrected chi connectivity index (χ0v) is 18.3. The van der Waals surface area contributed by atoms with Gasteiger partial charge >= 0.3 is 0 Å². The van der Waals surface area contributed by atoms with E-state index in [0.717, 1.165) is 0 Å². The van der Waals surface area contributed by atoms with Crippen LogP contribution in [0.4, 0.5) is 0 Å². The van der Waals surface area contributed by atoms with Gasteiger partial charge in [-0.1, -0.05) is 19.9 Å². The number of hydrogen-bond donors (Lipinski definition) is 2. The Kier molecular flexibility index (Phi) is 7.96. The second-order valence-electron chi connectivity index (χ2n) is 6.72. The van der Waals surface area contributed by atoms with Crippen LogP contribution < -0.4 is 15.6 Å². The number of carbonyl (C=O) groups is 2. The summed E-state index contributed by atoms with van der Waals surface area (Å²) >= 11 is 0. The number of carbonyl (C=O) groups excluding carboxylic acids is 2. The van der Waals surface area contributed by atoms with Gasteiger partial charge in [-0.15, -0.1) is 0 Å². The highest BCUT2D eigenvalue weighted by atomic mass is 32.2. The fourth-order valence-corrected chi connectivity index (χ4v) is 4.23. The predicted molar refractivity (Wildman–Crippen MR) is 114 cm³/mol. The summed E-state index contributed by atoms with van der Waals surface area (Å²) in [5.41, 5.74) is 5.08. The number of nitrogens with zero attached hydrogens (tertiary/aromatic N) is 1. The van der Waals surface area contributed by atoms with Crippen LogP contribution in [0.25, 0.3) is 0 Å². The van der Waals surface area contributed by atoms with Gasteiger partial charge in [0.05, 0.1) is 11.0 Å². The first-order chi connectivity index (χ1) is 14.2. The van der Waals surface area contributed by atoms with E-state index in [1.54, 1.807) is 38.1 Å². The second kappa shape index (κ2) is 10.2. The maximum Gasteiger partial charge on any atom is 0.269 e. The lowest BCUT2D eigenvalue weighted by Crippen LogP contribution is -2.41. The number of hydrogen-bond acceptors (Lipinski definition) is 5. The molecule has 0 fully saturated rings. The van der Waals surface area contributed by atoms with Gasteiger partial charge in [-0.2, -0.15) is 4.31 Å². The number of amides is 2. The molecule has 9 heteroatoms. The molecule has 8 nitrogen and oxygen atoms in total. The van der Waals surface area contributed by atoms with E-state index in [9.17, 15) is 18.0 Å². The minimum atomic E-state index is -3.69. The average molecular weight is 434 g/mol. The average Bonchev–Trinajstić information content (AvgIpc) is 2.72. The smallest absolute Gasteiger partial charge is 0.269 e. The molecule has 0 saturated heterocycles. The van der Waals surface area contributed by atoms with Gasteiger partial charge in [-0.25, -0.2) is 8.42 Å². The lowest BCUT2D eigenvalue weighted by Gasteiger charge is -2.18. The van der Waals surface area contributed by atoms with Crippen molar-refractivity contribution in [1.82, 2.24) is 15.2 Å². The summed E-state index contributed by atoms with van der Waals surface area (Å²) in [7, 11) is -3.69. The van der Waals surface area contributed by atoms with Crippen LogP contribution in [-0.2, 0) is 10.0 Å². The van der Waals surface area contributed by atoms with Gasteiger partial charge in [0, 0.05) is 24.2 Å². The third kappa shape index (κ3) is 5.80. The van der Waals surface area contributed by atoms with Gasteiger partial charge < -0.3 is 4.74 Å². The Bertz CT molecular complexity index is 984. The SMILES string of the molecule is CCN(CC)S(=O)(=O)c1cccc(C(=O)NNC(=O)c2ccc(OC(C)C)cc2)c1. The lowest BCUT2D eigenvalue weighted by atomic mass is 10.2. The largest absolute Gasteiger partial charge is 0.491 e. The number of benzene rings is 2. The van der Waals surface area contributed by atoms with Gasteiger partial charge in [-0.05, 0) is 56.3 Å². The van der Waals surface area contributed by atoms with Gasteiger partial charge in [0.1, 0.15) is 5.75 Å². The Morgan fingerprint density at radius 1 is 0.933 bits per heavy atom.